The Bertz CT molecular complexity index is 1190. The number of carbonyl (C=O) groups excluding carboxylic acids is 2. The van der Waals surface area contributed by atoms with Gasteiger partial charge in [-0.2, -0.15) is 5.10 Å². The monoisotopic (exact) mass is 495 g/mol. The van der Waals surface area contributed by atoms with Crippen LogP contribution in [0.15, 0.2) is 42.2 Å². The number of likely N-dealkylation sites (tertiary alicyclic amines) is 1. The van der Waals surface area contributed by atoms with Gasteiger partial charge in [-0.1, -0.05) is 38.1 Å². The molecule has 9 heteroatoms. The number of aryl methyl sites for hydroxylation is 2. The number of amides is 2. The smallest absolute Gasteiger partial charge is 0.248 e. The second kappa shape index (κ2) is 10.3. The molecule has 0 spiro atoms. The number of thiazole rings is 1. The van der Waals surface area contributed by atoms with Gasteiger partial charge in [0.25, 0.3) is 0 Å². The standard InChI is InChI=1S/C26H33N5O3S/c1-15(2)23(31-12-16(3)11-28-31)26(34)30-13-21(32)10-22(30)25(33)29-17(4)19-6-8-20(9-7-19)24-18(5)27-14-35-24/h6-9,11-12,14-15,17,21-23,32H,10,13H2,1-5H3,(H,29,33)/t17-,21+,22-,23?/m0/s1. The fourth-order valence-corrected chi connectivity index (χ4v) is 5.47. The Labute approximate surface area is 210 Å². The lowest BCUT2D eigenvalue weighted by molar-refractivity contribution is -0.142. The number of rotatable bonds is 7. The molecule has 0 aliphatic carbocycles. The average Bonchev–Trinajstić information content (AvgIpc) is 3.53. The van der Waals surface area contributed by atoms with Crippen LogP contribution in [0, 0.1) is 19.8 Å². The zero-order chi connectivity index (χ0) is 25.3. The molecule has 1 fully saturated rings. The molecule has 1 unspecified atom stereocenters. The maximum absolute atomic E-state index is 13.6. The summed E-state index contributed by atoms with van der Waals surface area (Å²) in [7, 11) is 0. The molecule has 0 bridgehead atoms. The summed E-state index contributed by atoms with van der Waals surface area (Å²) in [6.45, 7) is 9.89. The number of hydrogen-bond acceptors (Lipinski definition) is 6. The highest BCUT2D eigenvalue weighted by Crippen LogP contribution is 2.29. The molecule has 4 rings (SSSR count). The van der Waals surface area contributed by atoms with Gasteiger partial charge in [0.05, 0.1) is 34.4 Å². The van der Waals surface area contributed by atoms with Crippen LogP contribution in [0.1, 0.15) is 56.1 Å². The lowest BCUT2D eigenvalue weighted by atomic mass is 10.0. The van der Waals surface area contributed by atoms with Crippen LogP contribution in [-0.2, 0) is 9.59 Å². The maximum Gasteiger partial charge on any atom is 0.248 e. The van der Waals surface area contributed by atoms with Crippen molar-refractivity contribution in [2.45, 2.75) is 65.3 Å². The predicted octanol–water partition coefficient (Wildman–Crippen LogP) is 3.66. The van der Waals surface area contributed by atoms with Crippen LogP contribution in [0.3, 0.4) is 0 Å². The van der Waals surface area contributed by atoms with Gasteiger partial charge in [0.15, 0.2) is 0 Å². The molecule has 35 heavy (non-hydrogen) atoms. The molecule has 2 aromatic heterocycles. The fourth-order valence-electron chi connectivity index (χ4n) is 4.66. The van der Waals surface area contributed by atoms with E-state index in [1.54, 1.807) is 22.2 Å². The lowest BCUT2D eigenvalue weighted by Crippen LogP contribution is -2.49. The Morgan fingerprint density at radius 3 is 2.46 bits per heavy atom. The van der Waals surface area contributed by atoms with Crippen molar-refractivity contribution in [2.75, 3.05) is 6.54 Å². The second-order valence-electron chi connectivity index (χ2n) is 9.70. The summed E-state index contributed by atoms with van der Waals surface area (Å²) in [6.07, 6.45) is 3.04. The summed E-state index contributed by atoms with van der Waals surface area (Å²) in [5.41, 5.74) is 5.86. The van der Waals surface area contributed by atoms with Gasteiger partial charge in [-0.15, -0.1) is 11.3 Å². The van der Waals surface area contributed by atoms with Gasteiger partial charge in [-0.25, -0.2) is 4.98 Å². The molecular formula is C26H33N5O3S. The van der Waals surface area contributed by atoms with Gasteiger partial charge < -0.3 is 15.3 Å². The van der Waals surface area contributed by atoms with E-state index in [1.807, 2.05) is 70.6 Å². The molecule has 186 valence electrons. The zero-order valence-electron chi connectivity index (χ0n) is 20.8. The highest BCUT2D eigenvalue weighted by Gasteiger charge is 2.42. The number of benzene rings is 1. The lowest BCUT2D eigenvalue weighted by Gasteiger charge is -2.30. The topological polar surface area (TPSA) is 100 Å². The Hall–Kier alpha value is -3.04. The number of aliphatic hydroxyl groups is 1. The van der Waals surface area contributed by atoms with Crippen molar-refractivity contribution in [1.29, 1.82) is 0 Å². The third-order valence-electron chi connectivity index (χ3n) is 6.54. The zero-order valence-corrected chi connectivity index (χ0v) is 21.6. The van der Waals surface area contributed by atoms with Crippen LogP contribution >= 0.6 is 11.3 Å². The molecule has 1 saturated heterocycles. The van der Waals surface area contributed by atoms with E-state index in [0.29, 0.717) is 0 Å². The van der Waals surface area contributed by atoms with Crippen LogP contribution in [0.5, 0.6) is 0 Å². The normalized spacial score (nSPS) is 19.7. The van der Waals surface area contributed by atoms with Gasteiger partial charge in [0, 0.05) is 19.2 Å². The SMILES string of the molecule is Cc1cnn(C(C(=O)N2C[C@H](O)C[C@H]2C(=O)N[C@@H](C)c2ccc(-c3scnc3C)cc2)C(C)C)c1. The first-order valence-electron chi connectivity index (χ1n) is 12.0. The molecule has 1 aliphatic heterocycles. The average molecular weight is 496 g/mol. The van der Waals surface area contributed by atoms with E-state index in [0.717, 1.165) is 27.3 Å². The van der Waals surface area contributed by atoms with Crippen LogP contribution in [0.2, 0.25) is 0 Å². The van der Waals surface area contributed by atoms with E-state index in [1.165, 1.54) is 4.90 Å². The minimum Gasteiger partial charge on any atom is -0.391 e. The summed E-state index contributed by atoms with van der Waals surface area (Å²) >= 11 is 1.60. The van der Waals surface area contributed by atoms with Crippen molar-refractivity contribution in [2.24, 2.45) is 5.92 Å². The maximum atomic E-state index is 13.6. The highest BCUT2D eigenvalue weighted by atomic mass is 32.1. The summed E-state index contributed by atoms with van der Waals surface area (Å²) in [5.74, 6) is -0.483. The molecule has 0 radical (unpaired) electrons. The summed E-state index contributed by atoms with van der Waals surface area (Å²) in [5, 5.41) is 17.7. The van der Waals surface area contributed by atoms with Gasteiger partial charge in [-0.3, -0.25) is 14.3 Å². The number of β-amino-alcohol motifs (C(OH)–C–C–N with tert-alkyl or cyclic N) is 1. The first kappa shape index (κ1) is 25.1. The van der Waals surface area contributed by atoms with Gasteiger partial charge in [0.1, 0.15) is 12.1 Å². The van der Waals surface area contributed by atoms with Gasteiger partial charge >= 0.3 is 0 Å². The molecule has 3 heterocycles. The first-order chi connectivity index (χ1) is 16.7. The van der Waals surface area contributed by atoms with E-state index in [9.17, 15) is 14.7 Å². The molecule has 2 N–H and O–H groups in total. The third-order valence-corrected chi connectivity index (χ3v) is 7.52. The van der Waals surface area contributed by atoms with Crippen LogP contribution in [0.4, 0.5) is 0 Å². The molecule has 1 aromatic carbocycles. The number of aromatic nitrogens is 3. The Kier molecular flexibility index (Phi) is 7.37. The van der Waals surface area contributed by atoms with Crippen molar-refractivity contribution in [3.63, 3.8) is 0 Å². The largest absolute Gasteiger partial charge is 0.391 e. The third kappa shape index (κ3) is 5.31. The quantitative estimate of drug-likeness (QED) is 0.521. The molecule has 0 saturated carbocycles. The number of hydrogen-bond donors (Lipinski definition) is 2. The minimum atomic E-state index is -0.737. The Morgan fingerprint density at radius 1 is 1.17 bits per heavy atom. The van der Waals surface area contributed by atoms with Crippen LogP contribution < -0.4 is 5.32 Å². The van der Waals surface area contributed by atoms with E-state index in [-0.39, 0.29) is 36.7 Å². The van der Waals surface area contributed by atoms with E-state index >= 15 is 0 Å². The molecule has 3 aromatic rings. The Morgan fingerprint density at radius 2 is 1.89 bits per heavy atom. The summed E-state index contributed by atoms with van der Waals surface area (Å²) < 4.78 is 1.66. The first-order valence-corrected chi connectivity index (χ1v) is 12.8. The van der Waals surface area contributed by atoms with E-state index in [4.69, 9.17) is 0 Å². The molecule has 8 nitrogen and oxygen atoms in total. The van der Waals surface area contributed by atoms with Gasteiger partial charge in [0.2, 0.25) is 11.8 Å². The number of carbonyl (C=O) groups is 2. The molecule has 1 aliphatic rings. The number of aliphatic hydroxyl groups excluding tert-OH is 1. The van der Waals surface area contributed by atoms with Crippen LogP contribution in [-0.4, -0.2) is 55.3 Å². The second-order valence-corrected chi connectivity index (χ2v) is 10.6. The molecular weight excluding hydrogens is 462 g/mol. The summed E-state index contributed by atoms with van der Waals surface area (Å²) in [4.78, 5) is 33.8. The minimum absolute atomic E-state index is 0.0251. The highest BCUT2D eigenvalue weighted by molar-refractivity contribution is 7.13. The Balaban J connectivity index is 1.47. The summed E-state index contributed by atoms with van der Waals surface area (Å²) in [6, 6.07) is 6.56. The molecule has 4 atom stereocenters. The van der Waals surface area contributed by atoms with E-state index < -0.39 is 18.2 Å². The number of nitrogens with zero attached hydrogens (tertiary/aromatic N) is 4. The fraction of sp³-hybridized carbons (Fsp3) is 0.462. The van der Waals surface area contributed by atoms with Crippen LogP contribution in [0.25, 0.3) is 10.4 Å². The molecule has 2 amide bonds. The predicted molar refractivity (Wildman–Crippen MR) is 136 cm³/mol. The van der Waals surface area contributed by atoms with Crippen molar-refractivity contribution < 1.29 is 14.7 Å². The van der Waals surface area contributed by atoms with Crippen molar-refractivity contribution >= 4 is 23.2 Å². The van der Waals surface area contributed by atoms with Crippen molar-refractivity contribution in [3.8, 4) is 10.4 Å². The number of nitrogens with one attached hydrogen (secondary N) is 1. The van der Waals surface area contributed by atoms with Crippen molar-refractivity contribution in [3.05, 3.63) is 59.0 Å². The van der Waals surface area contributed by atoms with Gasteiger partial charge in [-0.05, 0) is 43.4 Å². The van der Waals surface area contributed by atoms with Crippen molar-refractivity contribution in [1.82, 2.24) is 25.0 Å². The van der Waals surface area contributed by atoms with E-state index in [2.05, 4.69) is 15.4 Å².